The Balaban J connectivity index is 0.800. The number of pyridine rings is 1. The summed E-state index contributed by atoms with van der Waals surface area (Å²) in [5.41, 5.74) is 7.61. The van der Waals surface area contributed by atoms with Crippen molar-refractivity contribution in [1.82, 2.24) is 29.6 Å². The molecule has 0 aliphatic carbocycles. The first-order chi connectivity index (χ1) is 31.2. The van der Waals surface area contributed by atoms with Gasteiger partial charge in [-0.05, 0) is 98.8 Å². The lowest BCUT2D eigenvalue weighted by atomic mass is 10.0. The van der Waals surface area contributed by atoms with E-state index in [0.29, 0.717) is 109 Å². The van der Waals surface area contributed by atoms with Crippen LogP contribution >= 0.6 is 0 Å². The number of carbonyl (C=O) groups is 3. The second-order valence-electron chi connectivity index (χ2n) is 16.4. The summed E-state index contributed by atoms with van der Waals surface area (Å²) in [4.78, 5) is 45.4. The highest BCUT2D eigenvalue weighted by molar-refractivity contribution is 6.42. The Bertz CT molecular complexity index is 2710. The molecule has 65 heavy (non-hydrogen) atoms. The van der Waals surface area contributed by atoms with Gasteiger partial charge in [0.2, 0.25) is 17.5 Å². The number of unbranched alkanes of at least 4 members (excludes halogenated alkanes) is 2. The molecule has 0 bridgehead atoms. The Morgan fingerprint density at radius 2 is 1.65 bits per heavy atom. The van der Waals surface area contributed by atoms with Gasteiger partial charge in [0.25, 0.3) is 5.91 Å². The topological polar surface area (TPSA) is 126 Å². The molecule has 0 atom stereocenters. The largest absolute Gasteiger partial charge is 0.678 e. The molecule has 0 radical (unpaired) electrons. The molecule has 17 heteroatoms. The van der Waals surface area contributed by atoms with Gasteiger partial charge < -0.3 is 34.6 Å². The maximum Gasteiger partial charge on any atom is 0.678 e. The molecule has 0 unspecified atom stereocenters. The van der Waals surface area contributed by atoms with Crippen LogP contribution in [0.3, 0.4) is 0 Å². The van der Waals surface area contributed by atoms with Crippen molar-refractivity contribution in [3.05, 3.63) is 112 Å². The summed E-state index contributed by atoms with van der Waals surface area (Å²) in [5.74, 6) is -1.04. The predicted molar refractivity (Wildman–Crippen MR) is 246 cm³/mol. The van der Waals surface area contributed by atoms with E-state index in [4.69, 9.17) is 4.74 Å². The van der Waals surface area contributed by atoms with Gasteiger partial charge in [-0.3, -0.25) is 23.0 Å². The number of ether oxygens (including phenoxy) is 1. The molecule has 0 spiro atoms. The van der Waals surface area contributed by atoms with Crippen LogP contribution in [-0.2, 0) is 23.1 Å². The van der Waals surface area contributed by atoms with Crippen LogP contribution in [-0.4, -0.2) is 94.7 Å². The third-order valence-electron chi connectivity index (χ3n) is 12.4. The molecular weight excluding hydrogens is 839 g/mol. The average molecular weight is 894 g/mol. The highest BCUT2D eigenvalue weighted by Crippen LogP contribution is 2.33. The fraction of sp³-hybridized carbons (Fsp3) is 0.354. The first kappa shape index (κ1) is 46.4. The molecule has 5 heterocycles. The molecule has 340 valence electrons. The molecule has 2 aliphatic heterocycles. The van der Waals surface area contributed by atoms with Gasteiger partial charge in [-0.15, -0.1) is 0 Å². The number of aromatic nitrogens is 3. The SMILES string of the molecule is COc1ccc(-c2ccc(C=C3C(C)=C(CCC(=O)NCCCCCC(=O)NCCCN4CCc5c(c6ccc(Nc7ccc(F)c(F)c7)nc6n5C)C4=O)C(C)=[N+]3C)n2B(F)F)cc1. The molecule has 2 aromatic carbocycles. The van der Waals surface area contributed by atoms with Crippen molar-refractivity contribution in [2.24, 2.45) is 7.05 Å². The van der Waals surface area contributed by atoms with Crippen LogP contribution in [0.2, 0.25) is 0 Å². The molecule has 3 N–H and O–H groups in total. The van der Waals surface area contributed by atoms with Crippen molar-refractivity contribution in [1.29, 1.82) is 0 Å². The van der Waals surface area contributed by atoms with Crippen LogP contribution in [0.4, 0.5) is 28.9 Å². The highest BCUT2D eigenvalue weighted by Gasteiger charge is 2.32. The number of allylic oxidation sites excluding steroid dienone is 2. The van der Waals surface area contributed by atoms with E-state index in [1.165, 1.54) is 6.07 Å². The normalized spacial score (nSPS) is 14.4. The van der Waals surface area contributed by atoms with E-state index in [1.807, 2.05) is 43.2 Å². The van der Waals surface area contributed by atoms with Crippen LogP contribution < -0.4 is 20.7 Å². The number of nitrogens with zero attached hydrogens (tertiary/aromatic N) is 5. The van der Waals surface area contributed by atoms with Gasteiger partial charge in [-0.25, -0.2) is 13.8 Å². The van der Waals surface area contributed by atoms with Gasteiger partial charge in [-0.2, -0.15) is 4.58 Å². The van der Waals surface area contributed by atoms with Crippen molar-refractivity contribution < 1.29 is 41.1 Å². The fourth-order valence-electron chi connectivity index (χ4n) is 8.69. The number of carbonyl (C=O) groups excluding carboxylic acids is 3. The second-order valence-corrected chi connectivity index (χ2v) is 16.4. The summed E-state index contributed by atoms with van der Waals surface area (Å²) in [5, 5.41) is 9.65. The van der Waals surface area contributed by atoms with Gasteiger partial charge in [0.15, 0.2) is 17.3 Å². The molecular formula is C48H54BF4N8O4+. The summed E-state index contributed by atoms with van der Waals surface area (Å²) in [6.45, 7) is 5.90. The number of hydrogen-bond donors (Lipinski definition) is 3. The Morgan fingerprint density at radius 1 is 0.908 bits per heavy atom. The van der Waals surface area contributed by atoms with Crippen molar-refractivity contribution in [3.63, 3.8) is 0 Å². The molecule has 12 nitrogen and oxygen atoms in total. The van der Waals surface area contributed by atoms with Crippen LogP contribution in [0.5, 0.6) is 5.75 Å². The average Bonchev–Trinajstić information content (AvgIpc) is 3.91. The lowest BCUT2D eigenvalue weighted by Crippen LogP contribution is -2.39. The minimum atomic E-state index is -2.75. The Hall–Kier alpha value is -6.65. The highest BCUT2D eigenvalue weighted by atomic mass is 19.2. The standard InChI is InChI=1S/C48H53BF4N8O4/c1-30-36(31(2)58(3)42(30)29-34-14-20-40(61(34)49(52)53)32-11-15-35(65-5)16-12-32)18-22-45(63)54-24-8-6-7-10-44(62)55-25-9-26-60-27-23-41-46(48(60)64)37-17-21-43(57-47(37)59(41)4)56-33-13-19-38(50)39(51)28-33/h11-17,19-21,28-29H,6-10,18,22-27H2,1-5H3,(H2-,54,55,56,57,62,63)/p+1. The predicted octanol–water partition coefficient (Wildman–Crippen LogP) is 8.28. The number of methoxy groups -OCH3 is 1. The van der Waals surface area contributed by atoms with Crippen LogP contribution in [0.15, 0.2) is 83.6 Å². The number of nitrogens with one attached hydrogen (secondary N) is 3. The summed E-state index contributed by atoms with van der Waals surface area (Å²) >= 11 is 0. The first-order valence-corrected chi connectivity index (χ1v) is 21.9. The number of benzene rings is 2. The van der Waals surface area contributed by atoms with Crippen molar-refractivity contribution in [2.45, 2.75) is 65.2 Å². The van der Waals surface area contributed by atoms with E-state index in [-0.39, 0.29) is 24.1 Å². The van der Waals surface area contributed by atoms with Crippen molar-refractivity contribution in [3.8, 4) is 17.0 Å². The molecule has 0 fully saturated rings. The van der Waals surface area contributed by atoms with E-state index in [2.05, 4.69) is 20.9 Å². The number of halogens is 4. The summed E-state index contributed by atoms with van der Waals surface area (Å²) in [6.07, 6.45) is 6.37. The third-order valence-corrected chi connectivity index (χ3v) is 12.4. The summed E-state index contributed by atoms with van der Waals surface area (Å²) in [7, 11) is 2.57. The van der Waals surface area contributed by atoms with Crippen LogP contribution in [0.25, 0.3) is 28.4 Å². The number of aryl methyl sites for hydroxylation is 1. The van der Waals surface area contributed by atoms with Gasteiger partial charge in [0, 0.05) is 111 Å². The molecule has 3 aromatic heterocycles. The van der Waals surface area contributed by atoms with Gasteiger partial charge >= 0.3 is 7.40 Å². The Labute approximate surface area is 376 Å². The quantitative estimate of drug-likeness (QED) is 0.0332. The smallest absolute Gasteiger partial charge is 0.497 e. The lowest BCUT2D eigenvalue weighted by molar-refractivity contribution is -0.434. The maximum absolute atomic E-state index is 14.4. The molecule has 7 rings (SSSR count). The molecule has 3 amide bonds. The van der Waals surface area contributed by atoms with Crippen LogP contribution in [0, 0.1) is 11.6 Å². The molecule has 2 aliphatic rings. The first-order valence-electron chi connectivity index (χ1n) is 21.9. The minimum Gasteiger partial charge on any atom is -0.497 e. The number of rotatable bonds is 19. The Kier molecular flexibility index (Phi) is 14.6. The van der Waals surface area contributed by atoms with Gasteiger partial charge in [0.1, 0.15) is 24.3 Å². The van der Waals surface area contributed by atoms with E-state index >= 15 is 0 Å². The number of hydrogen-bond acceptors (Lipinski definition) is 6. The lowest BCUT2D eigenvalue weighted by Gasteiger charge is -2.27. The Morgan fingerprint density at radius 3 is 2.37 bits per heavy atom. The van der Waals surface area contributed by atoms with E-state index < -0.39 is 19.0 Å². The summed E-state index contributed by atoms with van der Waals surface area (Å²) < 4.78 is 66.1. The number of fused-ring (bicyclic) bond motifs is 3. The number of likely N-dealkylation sites (N-methyl/N-ethyl adjacent to an activating group) is 1. The van der Waals surface area contributed by atoms with E-state index in [1.54, 1.807) is 60.6 Å². The zero-order valence-electron chi connectivity index (χ0n) is 37.4. The maximum atomic E-state index is 14.4. The van der Waals surface area contributed by atoms with Gasteiger partial charge in [-0.1, -0.05) is 6.42 Å². The van der Waals surface area contributed by atoms with Crippen molar-refractivity contribution in [2.75, 3.05) is 45.7 Å². The molecule has 5 aromatic rings. The van der Waals surface area contributed by atoms with E-state index in [0.717, 1.165) is 57.7 Å². The zero-order chi connectivity index (χ0) is 46.4. The molecule has 0 saturated carbocycles. The number of anilines is 2. The number of amides is 3. The van der Waals surface area contributed by atoms with Crippen molar-refractivity contribution >= 4 is 59.4 Å². The fourth-order valence-corrected chi connectivity index (χ4v) is 8.69. The van der Waals surface area contributed by atoms with E-state index in [9.17, 15) is 31.8 Å². The summed E-state index contributed by atoms with van der Waals surface area (Å²) in [6, 6.07) is 17.4. The minimum absolute atomic E-state index is 0.0560. The van der Waals surface area contributed by atoms with Gasteiger partial charge in [0.05, 0.1) is 12.7 Å². The third kappa shape index (κ3) is 10.3. The monoisotopic (exact) mass is 893 g/mol. The second kappa shape index (κ2) is 20.5. The zero-order valence-corrected chi connectivity index (χ0v) is 37.4. The molecule has 0 saturated heterocycles. The van der Waals surface area contributed by atoms with Crippen LogP contribution in [0.1, 0.15) is 80.5 Å².